The highest BCUT2D eigenvalue weighted by Crippen LogP contribution is 2.37. The van der Waals surface area contributed by atoms with Crippen molar-refractivity contribution in [3.8, 4) is 27.7 Å². The Morgan fingerprint density at radius 1 is 1.05 bits per heavy atom. The van der Waals surface area contributed by atoms with E-state index in [2.05, 4.69) is 19.9 Å². The van der Waals surface area contributed by atoms with Gasteiger partial charge >= 0.3 is 0 Å². The van der Waals surface area contributed by atoms with Crippen molar-refractivity contribution in [3.63, 3.8) is 0 Å². The Labute approximate surface area is 124 Å². The van der Waals surface area contributed by atoms with Crippen molar-refractivity contribution in [3.05, 3.63) is 48.1 Å². The van der Waals surface area contributed by atoms with Crippen molar-refractivity contribution >= 4 is 22.5 Å². The molecule has 2 N–H and O–H groups in total. The van der Waals surface area contributed by atoms with Gasteiger partial charge in [-0.05, 0) is 0 Å². The van der Waals surface area contributed by atoms with E-state index < -0.39 is 0 Å². The highest BCUT2D eigenvalue weighted by molar-refractivity contribution is 7.13. The fourth-order valence-electron chi connectivity index (χ4n) is 2.23. The van der Waals surface area contributed by atoms with E-state index in [0.717, 1.165) is 16.3 Å². The number of nitrogens with zero attached hydrogens (tertiary/aromatic N) is 3. The van der Waals surface area contributed by atoms with Gasteiger partial charge in [-0.3, -0.25) is 4.98 Å². The zero-order valence-corrected chi connectivity index (χ0v) is 11.6. The van der Waals surface area contributed by atoms with Crippen LogP contribution in [-0.4, -0.2) is 25.0 Å². The minimum absolute atomic E-state index is 0.0464. The topological polar surface area (TPSA) is 74.7 Å². The molecule has 21 heavy (non-hydrogen) atoms. The van der Waals surface area contributed by atoms with Gasteiger partial charge in [-0.25, -0.2) is 9.97 Å². The van der Waals surface area contributed by atoms with Gasteiger partial charge in [0.15, 0.2) is 5.65 Å². The van der Waals surface area contributed by atoms with Crippen LogP contribution in [0.4, 0.5) is 0 Å². The second-order valence-electron chi connectivity index (χ2n) is 4.51. The Kier molecular flexibility index (Phi) is 2.68. The molecule has 0 saturated heterocycles. The van der Waals surface area contributed by atoms with Crippen LogP contribution >= 0.6 is 11.3 Å². The number of hydrogen-bond acceptors (Lipinski definition) is 5. The molecule has 0 aliphatic rings. The molecule has 5 nitrogen and oxygen atoms in total. The number of thiazole rings is 1. The zero-order chi connectivity index (χ0) is 14.2. The SMILES string of the molecule is Oc1[nH]c2nccnc2c1-c1nc(-c2ccccc2)cs1. The molecule has 0 radical (unpaired) electrons. The molecule has 4 aromatic rings. The van der Waals surface area contributed by atoms with Crippen LogP contribution in [0.2, 0.25) is 0 Å². The monoisotopic (exact) mass is 294 g/mol. The summed E-state index contributed by atoms with van der Waals surface area (Å²) < 4.78 is 0. The number of aromatic hydroxyl groups is 1. The van der Waals surface area contributed by atoms with Gasteiger partial charge in [0, 0.05) is 23.3 Å². The number of fused-ring (bicyclic) bond motifs is 1. The van der Waals surface area contributed by atoms with Crippen LogP contribution in [0, 0.1) is 0 Å². The largest absolute Gasteiger partial charge is 0.494 e. The molecule has 0 saturated carbocycles. The van der Waals surface area contributed by atoms with E-state index in [0.29, 0.717) is 16.7 Å². The van der Waals surface area contributed by atoms with Crippen LogP contribution in [0.5, 0.6) is 5.88 Å². The summed E-state index contributed by atoms with van der Waals surface area (Å²) in [6.45, 7) is 0. The Morgan fingerprint density at radius 2 is 1.86 bits per heavy atom. The fraction of sp³-hybridized carbons (Fsp3) is 0. The molecule has 1 aromatic carbocycles. The fourth-order valence-corrected chi connectivity index (χ4v) is 3.11. The summed E-state index contributed by atoms with van der Waals surface area (Å²) in [5.74, 6) is 0.0464. The molecule has 6 heteroatoms. The van der Waals surface area contributed by atoms with Crippen LogP contribution in [-0.2, 0) is 0 Å². The first-order valence-electron chi connectivity index (χ1n) is 6.36. The number of hydrogen-bond donors (Lipinski definition) is 2. The highest BCUT2D eigenvalue weighted by Gasteiger charge is 2.18. The van der Waals surface area contributed by atoms with E-state index >= 15 is 0 Å². The Hall–Kier alpha value is -2.73. The van der Waals surface area contributed by atoms with E-state index in [1.165, 1.54) is 11.3 Å². The number of benzene rings is 1. The third kappa shape index (κ3) is 1.96. The first-order chi connectivity index (χ1) is 10.3. The highest BCUT2D eigenvalue weighted by atomic mass is 32.1. The van der Waals surface area contributed by atoms with Crippen molar-refractivity contribution in [1.82, 2.24) is 19.9 Å². The molecule has 0 atom stereocenters. The predicted octanol–water partition coefficient (Wildman–Crippen LogP) is 3.45. The van der Waals surface area contributed by atoms with Crippen molar-refractivity contribution in [2.45, 2.75) is 0 Å². The third-order valence-electron chi connectivity index (χ3n) is 3.20. The van der Waals surface area contributed by atoms with Crippen LogP contribution in [0.3, 0.4) is 0 Å². The predicted molar refractivity (Wildman–Crippen MR) is 82.1 cm³/mol. The summed E-state index contributed by atoms with van der Waals surface area (Å²) in [5.41, 5.74) is 3.72. The van der Waals surface area contributed by atoms with Gasteiger partial charge in [-0.2, -0.15) is 0 Å². The number of nitrogens with one attached hydrogen (secondary N) is 1. The minimum Gasteiger partial charge on any atom is -0.494 e. The lowest BCUT2D eigenvalue weighted by Crippen LogP contribution is -1.81. The van der Waals surface area contributed by atoms with Crippen molar-refractivity contribution in [1.29, 1.82) is 0 Å². The molecule has 0 unspecified atom stereocenters. The zero-order valence-electron chi connectivity index (χ0n) is 10.8. The van der Waals surface area contributed by atoms with Crippen molar-refractivity contribution in [2.24, 2.45) is 0 Å². The Morgan fingerprint density at radius 3 is 2.71 bits per heavy atom. The second kappa shape index (κ2) is 4.68. The van der Waals surface area contributed by atoms with Gasteiger partial charge in [0.25, 0.3) is 0 Å². The van der Waals surface area contributed by atoms with E-state index in [9.17, 15) is 5.11 Å². The van der Waals surface area contributed by atoms with Gasteiger partial charge in [-0.1, -0.05) is 30.3 Å². The number of aromatic amines is 1. The quantitative estimate of drug-likeness (QED) is 0.593. The normalized spacial score (nSPS) is 11.0. The minimum atomic E-state index is 0.0464. The summed E-state index contributed by atoms with van der Waals surface area (Å²) in [5, 5.41) is 12.8. The van der Waals surface area contributed by atoms with Crippen LogP contribution < -0.4 is 0 Å². The summed E-state index contributed by atoms with van der Waals surface area (Å²) >= 11 is 1.47. The van der Waals surface area contributed by atoms with Gasteiger partial charge in [0.1, 0.15) is 10.5 Å². The van der Waals surface area contributed by atoms with Gasteiger partial charge in [0.05, 0.1) is 11.3 Å². The van der Waals surface area contributed by atoms with Crippen LogP contribution in [0.1, 0.15) is 0 Å². The summed E-state index contributed by atoms with van der Waals surface area (Å²) in [7, 11) is 0. The molecule has 0 amide bonds. The van der Waals surface area contributed by atoms with Gasteiger partial charge < -0.3 is 10.1 Å². The molecule has 0 spiro atoms. The van der Waals surface area contributed by atoms with Crippen LogP contribution in [0.15, 0.2) is 48.1 Å². The molecular weight excluding hydrogens is 284 g/mol. The average molecular weight is 294 g/mol. The molecule has 0 fully saturated rings. The molecule has 0 aliphatic heterocycles. The van der Waals surface area contributed by atoms with Gasteiger partial charge in [-0.15, -0.1) is 11.3 Å². The molecule has 0 aliphatic carbocycles. The van der Waals surface area contributed by atoms with E-state index in [1.54, 1.807) is 12.4 Å². The first kappa shape index (κ1) is 12.0. The average Bonchev–Trinajstić information content (AvgIpc) is 3.11. The lowest BCUT2D eigenvalue weighted by molar-refractivity contribution is 0.460. The molecule has 0 bridgehead atoms. The van der Waals surface area contributed by atoms with E-state index in [4.69, 9.17) is 0 Å². The van der Waals surface area contributed by atoms with Crippen molar-refractivity contribution in [2.75, 3.05) is 0 Å². The number of H-pyrrole nitrogens is 1. The first-order valence-corrected chi connectivity index (χ1v) is 7.24. The van der Waals surface area contributed by atoms with Crippen LogP contribution in [0.25, 0.3) is 33.0 Å². The third-order valence-corrected chi connectivity index (χ3v) is 4.06. The molecule has 4 rings (SSSR count). The maximum atomic E-state index is 10.1. The Balaban J connectivity index is 1.87. The molecule has 3 aromatic heterocycles. The van der Waals surface area contributed by atoms with Gasteiger partial charge in [0.2, 0.25) is 5.88 Å². The van der Waals surface area contributed by atoms with E-state index in [-0.39, 0.29) is 5.88 Å². The lowest BCUT2D eigenvalue weighted by atomic mass is 10.2. The van der Waals surface area contributed by atoms with E-state index in [1.807, 2.05) is 35.7 Å². The number of rotatable bonds is 2. The number of aromatic nitrogens is 4. The summed E-state index contributed by atoms with van der Waals surface area (Å²) in [6, 6.07) is 9.94. The molecule has 3 heterocycles. The maximum Gasteiger partial charge on any atom is 0.202 e. The molecule has 102 valence electrons. The summed E-state index contributed by atoms with van der Waals surface area (Å²) in [6.07, 6.45) is 3.18. The molecular formula is C15H10N4OS. The maximum absolute atomic E-state index is 10.1. The second-order valence-corrected chi connectivity index (χ2v) is 5.36. The smallest absolute Gasteiger partial charge is 0.202 e. The van der Waals surface area contributed by atoms with Crippen molar-refractivity contribution < 1.29 is 5.11 Å². The lowest BCUT2D eigenvalue weighted by Gasteiger charge is -1.95. The standard InChI is InChI=1S/C15H10N4OS/c20-14-11(12-13(19-14)17-7-6-16-12)15-18-10(8-21-15)9-4-2-1-3-5-9/h1-8,20H,(H,17,19). The summed E-state index contributed by atoms with van der Waals surface area (Å²) in [4.78, 5) is 15.9. The Bertz CT molecular complexity index is 914.